The van der Waals surface area contributed by atoms with Crippen LogP contribution in [0.4, 0.5) is 0 Å². The maximum atomic E-state index is 12.6. The van der Waals surface area contributed by atoms with Crippen LogP contribution in [0.2, 0.25) is 0 Å². The molecule has 0 bridgehead atoms. The standard InChI is InChI=1S/C19H6Br8O5S.Na/c20-7-1-5(2-8(21)17(7)28)11(6-3-9(22)18(29)10(23)4-6)12-13(24)14(25)15(26)16(27)19(12)33(30,31)32;/h1-4,28H,(H,30,31,32);. The maximum absolute atomic E-state index is 12.6. The largest absolute Gasteiger partial charge is 0.506 e. The minimum atomic E-state index is -4.75. The second kappa shape index (κ2) is 12.4. The van der Waals surface area contributed by atoms with Gasteiger partial charge < -0.3 is 5.11 Å². The van der Waals surface area contributed by atoms with Gasteiger partial charge in [-0.05, 0) is 168 Å². The molecule has 2 aromatic rings. The van der Waals surface area contributed by atoms with E-state index in [9.17, 15) is 22.9 Å². The van der Waals surface area contributed by atoms with Gasteiger partial charge in [-0.15, -0.1) is 0 Å². The molecule has 1 aliphatic carbocycles. The minimum absolute atomic E-state index is 0. The molecule has 0 heterocycles. The number of carbonyl (C=O) groups excluding carboxylic acids is 1. The van der Waals surface area contributed by atoms with E-state index in [1.807, 2.05) is 0 Å². The number of ketones is 1. The number of halogens is 8. The number of carbonyl (C=O) groups is 1. The summed E-state index contributed by atoms with van der Waals surface area (Å²) < 4.78 is 37.7. The van der Waals surface area contributed by atoms with Crippen molar-refractivity contribution in [2.45, 2.75) is 4.90 Å². The second-order valence-electron chi connectivity index (χ2n) is 6.37. The van der Waals surface area contributed by atoms with E-state index in [0.717, 1.165) is 0 Å². The molecule has 0 saturated carbocycles. The van der Waals surface area contributed by atoms with Crippen LogP contribution in [-0.2, 0) is 14.9 Å². The predicted molar refractivity (Wildman–Crippen MR) is 161 cm³/mol. The van der Waals surface area contributed by atoms with Gasteiger partial charge in [-0.2, -0.15) is 8.42 Å². The molecule has 15 heteroatoms. The zero-order valence-corrected chi connectivity index (χ0v) is 31.9. The Balaban J connectivity index is 0.00000408. The van der Waals surface area contributed by atoms with Crippen LogP contribution in [0, 0.1) is 0 Å². The van der Waals surface area contributed by atoms with E-state index in [-0.39, 0.29) is 60.1 Å². The van der Waals surface area contributed by atoms with Crippen LogP contribution in [0.5, 0.6) is 5.75 Å². The molecule has 0 aromatic heterocycles. The smallest absolute Gasteiger partial charge is 0.296 e. The Labute approximate surface area is 284 Å². The van der Waals surface area contributed by atoms with Crippen molar-refractivity contribution in [2.24, 2.45) is 0 Å². The molecular formula is C19H6Br8NaO5S. The number of allylic oxidation sites excluding steroid dienone is 5. The Morgan fingerprint density at radius 1 is 0.765 bits per heavy atom. The molecule has 0 amide bonds. The van der Waals surface area contributed by atoms with Gasteiger partial charge in [0.2, 0.25) is 5.78 Å². The number of hydrogen-bond donors (Lipinski definition) is 2. The van der Waals surface area contributed by atoms with Gasteiger partial charge in [0.1, 0.15) is 10.6 Å². The van der Waals surface area contributed by atoms with Crippen molar-refractivity contribution in [1.82, 2.24) is 0 Å². The molecule has 0 atom stereocenters. The maximum Gasteiger partial charge on any atom is 0.296 e. The number of Topliss-reactive ketones (excluding diaryl/α,β-unsaturated/α-hetero) is 1. The number of hydrogen-bond acceptors (Lipinski definition) is 4. The summed E-state index contributed by atoms with van der Waals surface area (Å²) in [6.07, 6.45) is 3.09. The molecule has 0 spiro atoms. The molecule has 0 fully saturated rings. The number of aromatic hydroxyl groups is 1. The van der Waals surface area contributed by atoms with Gasteiger partial charge in [-0.1, -0.05) is 0 Å². The molecule has 34 heavy (non-hydrogen) atoms. The van der Waals surface area contributed by atoms with Gasteiger partial charge in [-0.25, -0.2) is 0 Å². The van der Waals surface area contributed by atoms with Crippen LogP contribution >= 0.6 is 127 Å². The van der Waals surface area contributed by atoms with Gasteiger partial charge in [0.15, 0.2) is 0 Å². The van der Waals surface area contributed by atoms with Crippen LogP contribution in [0.25, 0.3) is 5.57 Å². The topological polar surface area (TPSA) is 91.7 Å². The molecule has 1 radical (unpaired) electrons. The molecule has 2 N–H and O–H groups in total. The van der Waals surface area contributed by atoms with Crippen molar-refractivity contribution in [3.8, 4) is 5.75 Å². The second-order valence-corrected chi connectivity index (χ2v) is 14.3. The summed E-state index contributed by atoms with van der Waals surface area (Å²) in [5.74, 6) is -0.346. The number of rotatable bonds is 3. The molecule has 3 rings (SSSR count). The van der Waals surface area contributed by atoms with Crippen molar-refractivity contribution >= 4 is 178 Å². The van der Waals surface area contributed by atoms with Crippen LogP contribution in [0.1, 0.15) is 11.1 Å². The van der Waals surface area contributed by atoms with E-state index >= 15 is 0 Å². The van der Waals surface area contributed by atoms with E-state index in [1.165, 1.54) is 0 Å². The molecule has 5 nitrogen and oxygen atoms in total. The van der Waals surface area contributed by atoms with E-state index in [0.29, 0.717) is 39.1 Å². The fourth-order valence-corrected chi connectivity index (χ4v) is 9.30. The third-order valence-corrected chi connectivity index (χ3v) is 12.7. The first-order valence-corrected chi connectivity index (χ1v) is 16.0. The van der Waals surface area contributed by atoms with Gasteiger partial charge in [0.25, 0.3) is 10.1 Å². The molecular weight excluding hydrogens is 1000 g/mol. The fraction of sp³-hybridized carbons (Fsp3) is 0. The Hall–Kier alpha value is 1.88. The zero-order valence-electron chi connectivity index (χ0n) is 16.4. The van der Waals surface area contributed by atoms with Crippen molar-refractivity contribution in [2.75, 3.05) is 0 Å². The Morgan fingerprint density at radius 3 is 1.65 bits per heavy atom. The molecule has 0 unspecified atom stereocenters. The van der Waals surface area contributed by atoms with Crippen molar-refractivity contribution in [3.05, 3.63) is 76.8 Å². The molecule has 2 aromatic carbocycles. The molecule has 0 saturated heterocycles. The first-order valence-electron chi connectivity index (χ1n) is 8.22. The summed E-state index contributed by atoms with van der Waals surface area (Å²) in [6, 6.07) is 3.18. The zero-order chi connectivity index (χ0) is 25.0. The summed E-state index contributed by atoms with van der Waals surface area (Å²) in [4.78, 5) is 11.9. The van der Waals surface area contributed by atoms with Crippen LogP contribution < -0.4 is 0 Å². The Bertz CT molecular complexity index is 1400. The summed E-state index contributed by atoms with van der Waals surface area (Å²) in [6.45, 7) is 0. The number of phenolic OH excluding ortho intramolecular Hbond substituents is 1. The van der Waals surface area contributed by atoms with Crippen molar-refractivity contribution < 1.29 is 22.9 Å². The fourth-order valence-electron chi connectivity index (χ4n) is 2.95. The Kier molecular flexibility index (Phi) is 11.7. The summed E-state index contributed by atoms with van der Waals surface area (Å²) >= 11 is 26.6. The number of phenols is 1. The van der Waals surface area contributed by atoms with Crippen LogP contribution in [0.3, 0.4) is 0 Å². The van der Waals surface area contributed by atoms with Gasteiger partial charge in [0.05, 0.1) is 22.4 Å². The quantitative estimate of drug-likeness (QED) is 0.139. The summed E-state index contributed by atoms with van der Waals surface area (Å²) in [7, 11) is -4.75. The van der Waals surface area contributed by atoms with E-state index in [4.69, 9.17) is 0 Å². The molecule has 0 aliphatic heterocycles. The monoisotopic (exact) mass is 1000 g/mol. The average molecular weight is 1010 g/mol. The third kappa shape index (κ3) is 6.36. The first-order chi connectivity index (χ1) is 15.2. The summed E-state index contributed by atoms with van der Waals surface area (Å²) in [5.41, 5.74) is 1.37. The Morgan fingerprint density at radius 2 is 1.21 bits per heavy atom. The summed E-state index contributed by atoms with van der Waals surface area (Å²) in [5, 5.41) is 10.2. The van der Waals surface area contributed by atoms with Crippen molar-refractivity contribution in [1.29, 1.82) is 0 Å². The van der Waals surface area contributed by atoms with E-state index in [1.54, 1.807) is 24.3 Å². The van der Waals surface area contributed by atoms with Crippen molar-refractivity contribution in [3.63, 3.8) is 0 Å². The molecule has 1 aliphatic rings. The van der Waals surface area contributed by atoms with Gasteiger partial charge in [0, 0.05) is 48.5 Å². The van der Waals surface area contributed by atoms with E-state index < -0.39 is 15.0 Å². The van der Waals surface area contributed by atoms with Crippen LogP contribution in [0.15, 0.2) is 70.6 Å². The van der Waals surface area contributed by atoms with Gasteiger partial charge in [-0.3, -0.25) is 9.35 Å². The van der Waals surface area contributed by atoms with E-state index in [2.05, 4.69) is 127 Å². The van der Waals surface area contributed by atoms with Gasteiger partial charge >= 0.3 is 0 Å². The number of benzene rings is 2. The predicted octanol–water partition coefficient (Wildman–Crippen LogP) is 8.78. The first kappa shape index (κ1) is 32.1. The minimum Gasteiger partial charge on any atom is -0.506 e. The SMILES string of the molecule is O=C1C(Br)=CC(=C(c2cc(Br)c(O)c(Br)c2)c2c(Br)c(Br)c(Br)c(Br)c2S(=O)(=O)O)C=C1Br.[Na]. The third-order valence-electron chi connectivity index (χ3n) is 4.32. The molecule has 175 valence electrons. The van der Waals surface area contributed by atoms with Crippen LogP contribution in [-0.4, -0.2) is 53.4 Å². The normalized spacial score (nSPS) is 13.9. The average Bonchev–Trinajstić information content (AvgIpc) is 2.71.